The Morgan fingerprint density at radius 1 is 0.917 bits per heavy atom. The predicted molar refractivity (Wildman–Crippen MR) is 223 cm³/mol. The van der Waals surface area contributed by atoms with E-state index in [9.17, 15) is 14.4 Å². The molecule has 5 unspecified atom stereocenters. The molecule has 2 bridgehead atoms. The number of H-pyrrole nitrogens is 2. The van der Waals surface area contributed by atoms with Gasteiger partial charge in [-0.15, -0.1) is 0 Å². The van der Waals surface area contributed by atoms with Crippen LogP contribution in [0.25, 0.3) is 44.5 Å². The maximum Gasteiger partial charge on any atom is 0.407 e. The van der Waals surface area contributed by atoms with Crippen LogP contribution in [0.15, 0.2) is 60.8 Å². The molecule has 4 fully saturated rings. The number of nitrogens with one attached hydrogen (secondary N) is 3. The highest BCUT2D eigenvalue weighted by Crippen LogP contribution is 2.59. The van der Waals surface area contributed by atoms with Crippen molar-refractivity contribution in [2.45, 2.75) is 103 Å². The number of ether oxygens (including phenoxy) is 1. The molecule has 3 aliphatic carbocycles. The van der Waals surface area contributed by atoms with Crippen molar-refractivity contribution in [3.05, 3.63) is 83.6 Å². The molecule has 5 atom stereocenters. The number of amides is 3. The van der Waals surface area contributed by atoms with E-state index in [-0.39, 0.29) is 58.3 Å². The van der Waals surface area contributed by atoms with Gasteiger partial charge < -0.3 is 29.8 Å². The summed E-state index contributed by atoms with van der Waals surface area (Å²) >= 11 is 0. The summed E-state index contributed by atoms with van der Waals surface area (Å²) in [5, 5.41) is 2.71. The number of carbonyl (C=O) groups excluding carboxylic acids is 3. The second-order valence-corrected chi connectivity index (χ2v) is 18.7. The molecule has 3 amide bonds. The Bertz CT molecular complexity index is 2560. The van der Waals surface area contributed by atoms with Crippen LogP contribution in [0.2, 0.25) is 0 Å². The fourth-order valence-electron chi connectivity index (χ4n) is 10.7. The van der Waals surface area contributed by atoms with E-state index in [2.05, 4.69) is 34.0 Å². The van der Waals surface area contributed by atoms with Gasteiger partial charge in [-0.2, -0.15) is 8.78 Å². The highest BCUT2D eigenvalue weighted by atomic mass is 19.3. The number of fused-ring (bicyclic) bond motifs is 6. The zero-order valence-electron chi connectivity index (χ0n) is 34.6. The SMILES string of the molecule is COC(=O)NC(C(=O)N1CC2(CC2)CC1c1ncc(-c2ccc3c(c2)C(F)(F)c2cc(-c4ccc5nc(C6C7CCC(C7)N6C(=O)CC(C)C)[nH]c5c4)ccc2-3)[nH]1)C(C)C. The Morgan fingerprint density at radius 3 is 2.32 bits per heavy atom. The average molecular weight is 816 g/mol. The number of alkyl carbamates (subject to hydrolysis) is 1. The first-order valence-corrected chi connectivity index (χ1v) is 21.4. The number of carbonyl (C=O) groups is 3. The Labute approximate surface area is 347 Å². The first-order chi connectivity index (χ1) is 28.7. The van der Waals surface area contributed by atoms with Crippen LogP contribution >= 0.6 is 0 Å². The summed E-state index contributed by atoms with van der Waals surface area (Å²) in [6.07, 6.45) is 7.40. The number of rotatable bonds is 9. The molecule has 312 valence electrons. The Hall–Kier alpha value is -5.59. The molecule has 10 rings (SSSR count). The van der Waals surface area contributed by atoms with Crippen molar-refractivity contribution in [2.75, 3.05) is 13.7 Å². The van der Waals surface area contributed by atoms with Crippen LogP contribution in [0.5, 0.6) is 0 Å². The zero-order chi connectivity index (χ0) is 41.8. The third-order valence-corrected chi connectivity index (χ3v) is 13.9. The minimum absolute atomic E-state index is 0.0268. The summed E-state index contributed by atoms with van der Waals surface area (Å²) in [6.45, 7) is 8.48. The van der Waals surface area contributed by atoms with Gasteiger partial charge in [0, 0.05) is 35.7 Å². The van der Waals surface area contributed by atoms with E-state index < -0.39 is 18.1 Å². The molecular weight excluding hydrogens is 765 g/mol. The fraction of sp³-hybridized carbons (Fsp3) is 0.468. The van der Waals surface area contributed by atoms with Gasteiger partial charge in [-0.05, 0) is 108 Å². The first kappa shape index (κ1) is 38.6. The third-order valence-electron chi connectivity index (χ3n) is 13.9. The Kier molecular flexibility index (Phi) is 9.00. The van der Waals surface area contributed by atoms with E-state index in [1.165, 1.54) is 7.11 Å². The van der Waals surface area contributed by atoms with E-state index >= 15 is 8.78 Å². The zero-order valence-corrected chi connectivity index (χ0v) is 34.6. The number of methoxy groups -OCH3 is 1. The van der Waals surface area contributed by atoms with Crippen molar-refractivity contribution in [3.63, 3.8) is 0 Å². The van der Waals surface area contributed by atoms with Crippen LogP contribution in [-0.4, -0.2) is 73.4 Å². The average Bonchev–Trinajstić information content (AvgIpc) is 3.88. The van der Waals surface area contributed by atoms with Gasteiger partial charge in [0.2, 0.25) is 11.8 Å². The summed E-state index contributed by atoms with van der Waals surface area (Å²) in [6, 6.07) is 15.3. The van der Waals surface area contributed by atoms with E-state index in [0.717, 1.165) is 60.9 Å². The molecule has 3 N–H and O–H groups in total. The van der Waals surface area contributed by atoms with Crippen LogP contribution in [0.4, 0.5) is 13.6 Å². The van der Waals surface area contributed by atoms with Gasteiger partial charge in [-0.25, -0.2) is 14.8 Å². The topological polar surface area (TPSA) is 136 Å². The largest absolute Gasteiger partial charge is 0.453 e. The Balaban J connectivity index is 0.903. The summed E-state index contributed by atoms with van der Waals surface area (Å²) in [5.74, 6) is -1.36. The summed E-state index contributed by atoms with van der Waals surface area (Å²) in [4.78, 5) is 59.9. The minimum atomic E-state index is -3.25. The van der Waals surface area contributed by atoms with Crippen LogP contribution in [0, 0.1) is 23.2 Å². The van der Waals surface area contributed by atoms with Gasteiger partial charge in [0.1, 0.15) is 17.7 Å². The van der Waals surface area contributed by atoms with Crippen LogP contribution in [0.3, 0.4) is 0 Å². The van der Waals surface area contributed by atoms with Crippen LogP contribution in [0.1, 0.15) is 108 Å². The number of piperidine rings is 1. The van der Waals surface area contributed by atoms with Crippen molar-refractivity contribution >= 4 is 28.9 Å². The maximum atomic E-state index is 16.6. The number of hydrogen-bond donors (Lipinski definition) is 3. The number of nitrogens with zero attached hydrogens (tertiary/aromatic N) is 4. The van der Waals surface area contributed by atoms with Crippen molar-refractivity contribution < 1.29 is 27.9 Å². The molecule has 2 saturated heterocycles. The second kappa shape index (κ2) is 14.0. The fourth-order valence-corrected chi connectivity index (χ4v) is 10.7. The second-order valence-electron chi connectivity index (χ2n) is 18.7. The molecule has 5 aliphatic rings. The molecule has 0 radical (unpaired) electrons. The number of likely N-dealkylation sites (tertiary alicyclic amines) is 2. The first-order valence-electron chi connectivity index (χ1n) is 21.4. The molecule has 2 aromatic heterocycles. The number of imidazole rings is 2. The molecule has 4 heterocycles. The lowest BCUT2D eigenvalue weighted by atomic mass is 9.97. The molecule has 5 aromatic rings. The van der Waals surface area contributed by atoms with Gasteiger partial charge in [0.15, 0.2) is 0 Å². The maximum absolute atomic E-state index is 16.6. The summed E-state index contributed by atoms with van der Waals surface area (Å²) in [7, 11) is 1.27. The number of aromatic nitrogens is 4. The van der Waals surface area contributed by atoms with Crippen molar-refractivity contribution in [1.29, 1.82) is 0 Å². The van der Waals surface area contributed by atoms with E-state index in [1.54, 1.807) is 30.5 Å². The summed E-state index contributed by atoms with van der Waals surface area (Å²) in [5.41, 5.74) is 5.14. The Morgan fingerprint density at radius 2 is 1.62 bits per heavy atom. The number of hydrogen-bond acceptors (Lipinski definition) is 6. The van der Waals surface area contributed by atoms with Crippen molar-refractivity contribution in [2.24, 2.45) is 23.2 Å². The molecule has 2 aliphatic heterocycles. The van der Waals surface area contributed by atoms with Crippen molar-refractivity contribution in [1.82, 2.24) is 35.1 Å². The molecule has 1 spiro atoms. The molecule has 2 saturated carbocycles. The van der Waals surface area contributed by atoms with Gasteiger partial charge in [-0.3, -0.25) is 9.59 Å². The number of benzene rings is 3. The highest BCUT2D eigenvalue weighted by Gasteiger charge is 2.55. The predicted octanol–water partition coefficient (Wildman–Crippen LogP) is 9.27. The molecule has 3 aromatic carbocycles. The quantitative estimate of drug-likeness (QED) is 0.136. The van der Waals surface area contributed by atoms with Gasteiger partial charge in [0.25, 0.3) is 5.92 Å². The minimum Gasteiger partial charge on any atom is -0.453 e. The summed E-state index contributed by atoms with van der Waals surface area (Å²) < 4.78 is 38.0. The van der Waals surface area contributed by atoms with E-state index in [1.807, 2.05) is 49.1 Å². The lowest BCUT2D eigenvalue weighted by Gasteiger charge is -2.34. The normalized spacial score (nSPS) is 23.5. The van der Waals surface area contributed by atoms with Gasteiger partial charge in [-0.1, -0.05) is 58.0 Å². The monoisotopic (exact) mass is 815 g/mol. The smallest absolute Gasteiger partial charge is 0.407 e. The van der Waals surface area contributed by atoms with Crippen LogP contribution < -0.4 is 5.32 Å². The molecule has 13 heteroatoms. The lowest BCUT2D eigenvalue weighted by molar-refractivity contribution is -0.137. The molecule has 60 heavy (non-hydrogen) atoms. The molecule has 11 nitrogen and oxygen atoms in total. The number of halogens is 2. The van der Waals surface area contributed by atoms with Gasteiger partial charge >= 0.3 is 6.09 Å². The van der Waals surface area contributed by atoms with E-state index in [0.29, 0.717) is 52.7 Å². The third kappa shape index (κ3) is 6.29. The van der Waals surface area contributed by atoms with Crippen LogP contribution in [-0.2, 0) is 20.2 Å². The number of alkyl halides is 2. The standard InChI is InChI=1S/C47H51F2N7O4/c1-24(2)16-39(57)56-30-10-6-29(17-30)41(56)43-51-35-13-9-27(20-36(35)52-43)26-7-11-31-32-12-8-28(19-34(32)47(48,49)33(31)18-26)37-22-50-42(53-37)38-21-46(14-15-46)23-55(38)44(58)40(25(3)4)54-45(59)60-5/h7-9,11-13,18-20,22,24-25,29-30,38,40-41H,6,10,14-17,21,23H2,1-5H3,(H,50,53)(H,51,52)(H,54,59). The highest BCUT2D eigenvalue weighted by molar-refractivity contribution is 5.88. The van der Waals surface area contributed by atoms with E-state index in [4.69, 9.17) is 14.7 Å². The number of aromatic amines is 2. The van der Waals surface area contributed by atoms with Crippen molar-refractivity contribution in [3.8, 4) is 33.5 Å². The lowest BCUT2D eigenvalue weighted by Crippen LogP contribution is -2.51. The van der Waals surface area contributed by atoms with Gasteiger partial charge in [0.05, 0.1) is 42.1 Å². The molecular formula is C47H51F2N7O4.